The van der Waals surface area contributed by atoms with Crippen LogP contribution in [0.5, 0.6) is 5.75 Å². The summed E-state index contributed by atoms with van der Waals surface area (Å²) in [6.07, 6.45) is 7.36. The van der Waals surface area contributed by atoms with Crippen molar-refractivity contribution in [2.24, 2.45) is 5.10 Å². The molecule has 2 aromatic carbocycles. The Kier molecular flexibility index (Phi) is 5.25. The van der Waals surface area contributed by atoms with E-state index in [0.29, 0.717) is 5.56 Å². The van der Waals surface area contributed by atoms with Gasteiger partial charge in [0.2, 0.25) is 0 Å². The molecule has 0 bridgehead atoms. The maximum absolute atomic E-state index is 12.7. The van der Waals surface area contributed by atoms with Gasteiger partial charge in [0.25, 0.3) is 5.91 Å². The first-order valence-corrected chi connectivity index (χ1v) is 9.14. The highest BCUT2D eigenvalue weighted by Gasteiger charge is 2.11. The van der Waals surface area contributed by atoms with E-state index in [1.54, 1.807) is 19.4 Å². The van der Waals surface area contributed by atoms with Crippen molar-refractivity contribution in [2.45, 2.75) is 0 Å². The van der Waals surface area contributed by atoms with Crippen LogP contribution in [0.4, 0.5) is 0 Å². The molecule has 0 fully saturated rings. The van der Waals surface area contributed by atoms with Crippen molar-refractivity contribution < 1.29 is 9.53 Å². The summed E-state index contributed by atoms with van der Waals surface area (Å²) in [7, 11) is 1.64. The Bertz CT molecular complexity index is 1130. The molecule has 0 saturated heterocycles. The molecule has 0 saturated carbocycles. The molecule has 144 valence electrons. The van der Waals surface area contributed by atoms with E-state index in [2.05, 4.69) is 10.5 Å². The fourth-order valence-electron chi connectivity index (χ4n) is 3.08. The average molecular weight is 384 g/mol. The molecule has 0 aliphatic heterocycles. The average Bonchev–Trinajstić information content (AvgIpc) is 3.46. The number of rotatable bonds is 6. The Hall–Kier alpha value is -4.06. The number of aromatic nitrogens is 2. The van der Waals surface area contributed by atoms with Crippen LogP contribution in [0.1, 0.15) is 16.1 Å². The molecule has 1 N–H and O–H groups in total. The Morgan fingerprint density at radius 2 is 1.69 bits per heavy atom. The van der Waals surface area contributed by atoms with Crippen LogP contribution < -0.4 is 10.2 Å². The summed E-state index contributed by atoms with van der Waals surface area (Å²) in [5.74, 6) is 0.526. The van der Waals surface area contributed by atoms with Crippen LogP contribution in [0.15, 0.2) is 96.5 Å². The Labute approximate surface area is 168 Å². The maximum Gasteiger partial charge on any atom is 0.273 e. The van der Waals surface area contributed by atoms with Crippen molar-refractivity contribution in [3.8, 4) is 17.1 Å². The molecule has 2 aromatic heterocycles. The third-order valence-electron chi connectivity index (χ3n) is 4.53. The minimum atomic E-state index is -0.270. The standard InChI is InChI=1S/C23H20N4O2/c1-29-20-12-10-18(11-13-20)27-16-6-7-19(27)17-24-25-23(28)21-8-2-3-9-22(21)26-14-4-5-15-26/h2-17H,1H3,(H,25,28)/b24-17-. The minimum absolute atomic E-state index is 0.270. The van der Waals surface area contributed by atoms with Gasteiger partial charge in [-0.15, -0.1) is 0 Å². The molecule has 2 heterocycles. The summed E-state index contributed by atoms with van der Waals surface area (Å²) in [5, 5.41) is 4.15. The Morgan fingerprint density at radius 3 is 2.45 bits per heavy atom. The summed E-state index contributed by atoms with van der Waals surface area (Å²) < 4.78 is 9.07. The fourth-order valence-corrected chi connectivity index (χ4v) is 3.08. The van der Waals surface area contributed by atoms with Gasteiger partial charge in [-0.05, 0) is 60.7 Å². The van der Waals surface area contributed by atoms with Crippen molar-refractivity contribution in [1.82, 2.24) is 14.6 Å². The number of nitrogens with one attached hydrogen (secondary N) is 1. The van der Waals surface area contributed by atoms with Gasteiger partial charge >= 0.3 is 0 Å². The molecule has 0 spiro atoms. The second kappa shape index (κ2) is 8.31. The lowest BCUT2D eigenvalue weighted by Gasteiger charge is -2.09. The summed E-state index contributed by atoms with van der Waals surface area (Å²) in [6, 6.07) is 22.8. The molecule has 6 heteroatoms. The highest BCUT2D eigenvalue weighted by atomic mass is 16.5. The predicted molar refractivity (Wildman–Crippen MR) is 113 cm³/mol. The Morgan fingerprint density at radius 1 is 0.931 bits per heavy atom. The van der Waals surface area contributed by atoms with Crippen LogP contribution in [0.2, 0.25) is 0 Å². The van der Waals surface area contributed by atoms with E-state index in [-0.39, 0.29) is 5.91 Å². The van der Waals surface area contributed by atoms with Crippen LogP contribution in [-0.4, -0.2) is 28.4 Å². The highest BCUT2D eigenvalue weighted by Crippen LogP contribution is 2.17. The quantitative estimate of drug-likeness (QED) is 0.403. The monoisotopic (exact) mass is 384 g/mol. The number of hydrogen-bond acceptors (Lipinski definition) is 3. The number of carbonyl (C=O) groups is 1. The van der Waals surface area contributed by atoms with Crippen LogP contribution in [0.25, 0.3) is 11.4 Å². The number of benzene rings is 2. The van der Waals surface area contributed by atoms with Crippen molar-refractivity contribution in [2.75, 3.05) is 7.11 Å². The van der Waals surface area contributed by atoms with E-state index in [4.69, 9.17) is 4.74 Å². The number of hydrazone groups is 1. The van der Waals surface area contributed by atoms with Gasteiger partial charge in [-0.2, -0.15) is 5.10 Å². The maximum atomic E-state index is 12.7. The molecule has 0 aliphatic carbocycles. The zero-order valence-electron chi connectivity index (χ0n) is 15.9. The van der Waals surface area contributed by atoms with Crippen molar-refractivity contribution in [1.29, 1.82) is 0 Å². The van der Waals surface area contributed by atoms with Gasteiger partial charge in [-0.3, -0.25) is 4.79 Å². The molecule has 6 nitrogen and oxygen atoms in total. The first-order chi connectivity index (χ1) is 14.3. The highest BCUT2D eigenvalue weighted by molar-refractivity contribution is 5.98. The zero-order valence-corrected chi connectivity index (χ0v) is 15.9. The van der Waals surface area contributed by atoms with E-state index in [1.807, 2.05) is 94.5 Å². The first kappa shape index (κ1) is 18.3. The summed E-state index contributed by atoms with van der Waals surface area (Å²) in [4.78, 5) is 12.7. The molecular weight excluding hydrogens is 364 g/mol. The van der Waals surface area contributed by atoms with Crippen LogP contribution in [-0.2, 0) is 0 Å². The van der Waals surface area contributed by atoms with Gasteiger partial charge < -0.3 is 13.9 Å². The lowest BCUT2D eigenvalue weighted by atomic mass is 10.1. The number of carbonyl (C=O) groups excluding carboxylic acids is 1. The fraction of sp³-hybridized carbons (Fsp3) is 0.0435. The van der Waals surface area contributed by atoms with Crippen LogP contribution >= 0.6 is 0 Å². The summed E-state index contributed by atoms with van der Waals surface area (Å²) in [6.45, 7) is 0. The number of hydrogen-bond donors (Lipinski definition) is 1. The van der Waals surface area contributed by atoms with Crippen molar-refractivity contribution in [3.05, 3.63) is 103 Å². The molecule has 1 amide bonds. The number of ether oxygens (including phenoxy) is 1. The van der Waals surface area contributed by atoms with Gasteiger partial charge in [0, 0.05) is 24.3 Å². The number of nitrogens with zero attached hydrogens (tertiary/aromatic N) is 3. The van der Waals surface area contributed by atoms with E-state index in [0.717, 1.165) is 22.8 Å². The minimum Gasteiger partial charge on any atom is -0.497 e. The van der Waals surface area contributed by atoms with E-state index in [9.17, 15) is 4.79 Å². The second-order valence-electron chi connectivity index (χ2n) is 6.31. The summed E-state index contributed by atoms with van der Waals surface area (Å²) in [5.41, 5.74) is 5.78. The second-order valence-corrected chi connectivity index (χ2v) is 6.31. The number of methoxy groups -OCH3 is 1. The molecule has 0 radical (unpaired) electrons. The normalized spacial score (nSPS) is 10.9. The van der Waals surface area contributed by atoms with Gasteiger partial charge in [0.1, 0.15) is 5.75 Å². The van der Waals surface area contributed by atoms with Crippen LogP contribution in [0, 0.1) is 0 Å². The number of para-hydroxylation sites is 1. The zero-order chi connectivity index (χ0) is 20.1. The third-order valence-corrected chi connectivity index (χ3v) is 4.53. The Balaban J connectivity index is 1.51. The lowest BCUT2D eigenvalue weighted by molar-refractivity contribution is 0.0955. The van der Waals surface area contributed by atoms with Crippen molar-refractivity contribution >= 4 is 12.1 Å². The topological polar surface area (TPSA) is 60.5 Å². The molecule has 4 aromatic rings. The third kappa shape index (κ3) is 3.96. The number of amides is 1. The van der Waals surface area contributed by atoms with Crippen molar-refractivity contribution in [3.63, 3.8) is 0 Å². The van der Waals surface area contributed by atoms with Gasteiger partial charge in [0.05, 0.1) is 30.3 Å². The van der Waals surface area contributed by atoms with E-state index in [1.165, 1.54) is 0 Å². The molecule has 29 heavy (non-hydrogen) atoms. The smallest absolute Gasteiger partial charge is 0.273 e. The van der Waals surface area contributed by atoms with Crippen LogP contribution in [0.3, 0.4) is 0 Å². The molecule has 0 aliphatic rings. The van der Waals surface area contributed by atoms with E-state index >= 15 is 0 Å². The van der Waals surface area contributed by atoms with E-state index < -0.39 is 0 Å². The summed E-state index contributed by atoms with van der Waals surface area (Å²) >= 11 is 0. The predicted octanol–water partition coefficient (Wildman–Crippen LogP) is 4.04. The SMILES string of the molecule is COc1ccc(-n2cccc2/C=N\NC(=O)c2ccccc2-n2cccc2)cc1. The lowest BCUT2D eigenvalue weighted by Crippen LogP contribution is -2.19. The van der Waals surface area contributed by atoms with Gasteiger partial charge in [-0.25, -0.2) is 5.43 Å². The van der Waals surface area contributed by atoms with Gasteiger partial charge in [-0.1, -0.05) is 12.1 Å². The van der Waals surface area contributed by atoms with Gasteiger partial charge in [0.15, 0.2) is 0 Å². The molecule has 4 rings (SSSR count). The largest absolute Gasteiger partial charge is 0.497 e. The first-order valence-electron chi connectivity index (χ1n) is 9.14. The molecule has 0 unspecified atom stereocenters. The molecule has 0 atom stereocenters. The molecular formula is C23H20N4O2.